The summed E-state index contributed by atoms with van der Waals surface area (Å²) in [6.45, 7) is 12.8. The van der Waals surface area contributed by atoms with Gasteiger partial charge in [-0.1, -0.05) is 20.8 Å². The quantitative estimate of drug-likeness (QED) is 0.804. The molecule has 2 rings (SSSR count). The largest absolute Gasteiger partial charge is 0.339 e. The standard InChI is InChI=1S/C17H33N3O/c1-11-9-20(10-12(2)19(11)6)16(21)14-7-8-15(18)13(3)17(14,4)5/h11-15H,7-10,18H2,1-6H3. The number of piperazine rings is 1. The van der Waals surface area contributed by atoms with Crippen molar-refractivity contribution in [2.45, 2.75) is 65.6 Å². The number of carbonyl (C=O) groups excluding carboxylic acids is 1. The third-order valence-electron chi connectivity index (χ3n) is 6.47. The number of carbonyl (C=O) groups is 1. The highest BCUT2D eigenvalue weighted by Gasteiger charge is 2.47. The first kappa shape index (κ1) is 16.8. The van der Waals surface area contributed by atoms with E-state index in [-0.39, 0.29) is 17.4 Å². The highest BCUT2D eigenvalue weighted by atomic mass is 16.2. The molecule has 0 spiro atoms. The summed E-state index contributed by atoms with van der Waals surface area (Å²) < 4.78 is 0. The van der Waals surface area contributed by atoms with Crippen LogP contribution in [0, 0.1) is 17.3 Å². The molecular formula is C17H33N3O. The van der Waals surface area contributed by atoms with Crippen LogP contribution in [0.3, 0.4) is 0 Å². The van der Waals surface area contributed by atoms with Crippen molar-refractivity contribution in [2.24, 2.45) is 23.0 Å². The van der Waals surface area contributed by atoms with Crippen LogP contribution in [0.2, 0.25) is 0 Å². The van der Waals surface area contributed by atoms with E-state index in [4.69, 9.17) is 5.73 Å². The van der Waals surface area contributed by atoms with Gasteiger partial charge in [-0.3, -0.25) is 9.69 Å². The predicted molar refractivity (Wildman–Crippen MR) is 86.9 cm³/mol. The third kappa shape index (κ3) is 2.98. The molecule has 2 N–H and O–H groups in total. The molecule has 0 bridgehead atoms. The normalized spacial score (nSPS) is 41.1. The van der Waals surface area contributed by atoms with E-state index in [9.17, 15) is 4.79 Å². The van der Waals surface area contributed by atoms with Crippen molar-refractivity contribution in [3.63, 3.8) is 0 Å². The van der Waals surface area contributed by atoms with E-state index < -0.39 is 0 Å². The van der Waals surface area contributed by atoms with E-state index in [1.807, 2.05) is 0 Å². The van der Waals surface area contributed by atoms with Crippen molar-refractivity contribution in [3.8, 4) is 0 Å². The lowest BCUT2D eigenvalue weighted by Crippen LogP contribution is -2.60. The van der Waals surface area contributed by atoms with Crippen molar-refractivity contribution >= 4 is 5.91 Å². The Bertz CT molecular complexity index is 383. The molecule has 1 amide bonds. The second-order valence-electron chi connectivity index (χ2n) is 8.01. The molecule has 0 aromatic heterocycles. The van der Waals surface area contributed by atoms with E-state index in [1.165, 1.54) is 0 Å². The first-order valence-electron chi connectivity index (χ1n) is 8.42. The van der Waals surface area contributed by atoms with Crippen LogP contribution in [0.15, 0.2) is 0 Å². The average molecular weight is 295 g/mol. The van der Waals surface area contributed by atoms with Crippen molar-refractivity contribution in [1.82, 2.24) is 9.80 Å². The van der Waals surface area contributed by atoms with Gasteiger partial charge in [-0.2, -0.15) is 0 Å². The van der Waals surface area contributed by atoms with Crippen LogP contribution in [0.1, 0.15) is 47.5 Å². The summed E-state index contributed by atoms with van der Waals surface area (Å²) in [6.07, 6.45) is 1.91. The van der Waals surface area contributed by atoms with E-state index in [0.717, 1.165) is 25.9 Å². The average Bonchev–Trinajstić information content (AvgIpc) is 2.41. The monoisotopic (exact) mass is 295 g/mol. The number of nitrogens with zero attached hydrogens (tertiary/aromatic N) is 2. The Morgan fingerprint density at radius 1 is 1.10 bits per heavy atom. The zero-order valence-electron chi connectivity index (χ0n) is 14.6. The molecule has 0 radical (unpaired) electrons. The Balaban J connectivity index is 2.13. The number of nitrogens with two attached hydrogens (primary N) is 1. The van der Waals surface area contributed by atoms with E-state index in [0.29, 0.717) is 23.9 Å². The molecule has 2 fully saturated rings. The van der Waals surface area contributed by atoms with Crippen LogP contribution < -0.4 is 5.73 Å². The van der Waals surface area contributed by atoms with Gasteiger partial charge in [0.05, 0.1) is 0 Å². The lowest BCUT2D eigenvalue weighted by Gasteiger charge is -2.49. The molecule has 4 heteroatoms. The number of amides is 1. The molecule has 5 unspecified atom stereocenters. The SMILES string of the molecule is CC1CN(C(=O)C2CCC(N)C(C)C2(C)C)CC(C)N1C. The Kier molecular flexibility index (Phi) is 4.69. The molecule has 1 aliphatic heterocycles. The molecule has 4 nitrogen and oxygen atoms in total. The van der Waals surface area contributed by atoms with Gasteiger partial charge in [-0.05, 0) is 45.1 Å². The summed E-state index contributed by atoms with van der Waals surface area (Å²) in [5.41, 5.74) is 6.22. The van der Waals surface area contributed by atoms with Crippen molar-refractivity contribution in [2.75, 3.05) is 20.1 Å². The minimum atomic E-state index is -0.00935. The van der Waals surface area contributed by atoms with Crippen molar-refractivity contribution < 1.29 is 4.79 Å². The second-order valence-corrected chi connectivity index (χ2v) is 8.01. The minimum absolute atomic E-state index is 0.00935. The molecule has 1 saturated heterocycles. The van der Waals surface area contributed by atoms with E-state index >= 15 is 0 Å². The summed E-state index contributed by atoms with van der Waals surface area (Å²) in [7, 11) is 2.16. The number of hydrogen-bond acceptors (Lipinski definition) is 3. The van der Waals surface area contributed by atoms with Crippen LogP contribution >= 0.6 is 0 Å². The predicted octanol–water partition coefficient (Wildman–Crippen LogP) is 1.94. The van der Waals surface area contributed by atoms with Crippen LogP contribution in [0.4, 0.5) is 0 Å². The maximum Gasteiger partial charge on any atom is 0.226 e. The maximum absolute atomic E-state index is 13.1. The van der Waals surface area contributed by atoms with Gasteiger partial charge in [0.2, 0.25) is 5.91 Å². The highest BCUT2D eigenvalue weighted by molar-refractivity contribution is 5.80. The summed E-state index contributed by atoms with van der Waals surface area (Å²) in [5.74, 6) is 0.864. The van der Waals surface area contributed by atoms with E-state index in [2.05, 4.69) is 51.5 Å². The molecule has 0 aromatic rings. The Hall–Kier alpha value is -0.610. The van der Waals surface area contributed by atoms with Crippen LogP contribution in [-0.2, 0) is 4.79 Å². The van der Waals surface area contributed by atoms with E-state index in [1.54, 1.807) is 0 Å². The highest BCUT2D eigenvalue weighted by Crippen LogP contribution is 2.45. The first-order valence-corrected chi connectivity index (χ1v) is 8.42. The number of likely N-dealkylation sites (N-methyl/N-ethyl adjacent to an activating group) is 1. The summed E-state index contributed by atoms with van der Waals surface area (Å²) in [4.78, 5) is 17.6. The first-order chi connectivity index (χ1) is 9.66. The second kappa shape index (κ2) is 5.88. The lowest BCUT2D eigenvalue weighted by molar-refractivity contribution is -0.147. The number of rotatable bonds is 1. The topological polar surface area (TPSA) is 49.6 Å². The van der Waals surface area contributed by atoms with Crippen molar-refractivity contribution in [3.05, 3.63) is 0 Å². The molecule has 21 heavy (non-hydrogen) atoms. The van der Waals surface area contributed by atoms with Crippen molar-refractivity contribution in [1.29, 1.82) is 0 Å². The molecule has 1 saturated carbocycles. The van der Waals surface area contributed by atoms with Crippen LogP contribution in [-0.4, -0.2) is 54.0 Å². The summed E-state index contributed by atoms with van der Waals surface area (Å²) >= 11 is 0. The van der Waals surface area contributed by atoms with Gasteiger partial charge in [0, 0.05) is 37.1 Å². The minimum Gasteiger partial charge on any atom is -0.339 e. The van der Waals surface area contributed by atoms with Crippen LogP contribution in [0.5, 0.6) is 0 Å². The zero-order valence-corrected chi connectivity index (χ0v) is 14.6. The maximum atomic E-state index is 13.1. The van der Waals surface area contributed by atoms with Gasteiger partial charge in [-0.15, -0.1) is 0 Å². The fourth-order valence-corrected chi connectivity index (χ4v) is 4.10. The molecule has 1 aliphatic carbocycles. The number of hydrogen-bond donors (Lipinski definition) is 1. The molecule has 2 aliphatic rings. The van der Waals surface area contributed by atoms with Gasteiger partial charge in [-0.25, -0.2) is 0 Å². The van der Waals surface area contributed by atoms with Gasteiger partial charge in [0.25, 0.3) is 0 Å². The molecule has 0 aromatic carbocycles. The molecule has 5 atom stereocenters. The fourth-order valence-electron chi connectivity index (χ4n) is 4.10. The van der Waals surface area contributed by atoms with Gasteiger partial charge in [0.1, 0.15) is 0 Å². The van der Waals surface area contributed by atoms with Gasteiger partial charge >= 0.3 is 0 Å². The zero-order chi connectivity index (χ0) is 15.9. The van der Waals surface area contributed by atoms with Gasteiger partial charge < -0.3 is 10.6 Å². The summed E-state index contributed by atoms with van der Waals surface area (Å²) in [6, 6.07) is 1.10. The molecule has 122 valence electrons. The molecule has 1 heterocycles. The summed E-state index contributed by atoms with van der Waals surface area (Å²) in [5, 5.41) is 0. The Morgan fingerprint density at radius 2 is 1.62 bits per heavy atom. The van der Waals surface area contributed by atoms with Crippen LogP contribution in [0.25, 0.3) is 0 Å². The smallest absolute Gasteiger partial charge is 0.226 e. The third-order valence-corrected chi connectivity index (χ3v) is 6.47. The lowest BCUT2D eigenvalue weighted by atomic mass is 9.60. The van der Waals surface area contributed by atoms with Gasteiger partial charge in [0.15, 0.2) is 0 Å². The Morgan fingerprint density at radius 3 is 2.14 bits per heavy atom. The fraction of sp³-hybridized carbons (Fsp3) is 0.941. The molecular weight excluding hydrogens is 262 g/mol. The Labute approximate surface area is 130 Å².